The monoisotopic (exact) mass is 249 g/mol. The number of carbonyl (C=O) groups is 1. The number of hydrogen-bond acceptors (Lipinski definition) is 4. The molecule has 4 nitrogen and oxygen atoms in total. The van der Waals surface area contributed by atoms with E-state index in [1.54, 1.807) is 20.1 Å². The Labute approximate surface area is 108 Å². The van der Waals surface area contributed by atoms with Gasteiger partial charge in [-0.3, -0.25) is 0 Å². The van der Waals surface area contributed by atoms with E-state index in [1.807, 2.05) is 37.2 Å². The third-order valence-electron chi connectivity index (χ3n) is 2.40. The van der Waals surface area contributed by atoms with Crippen molar-refractivity contribution in [2.24, 2.45) is 0 Å². The molecule has 98 valence electrons. The molecule has 0 aromatic heterocycles. The minimum absolute atomic E-state index is 0.343. The van der Waals surface area contributed by atoms with Gasteiger partial charge in [-0.2, -0.15) is 0 Å². The maximum Gasteiger partial charge on any atom is 0.330 e. The highest BCUT2D eigenvalue weighted by Crippen LogP contribution is 2.25. The zero-order valence-corrected chi connectivity index (χ0v) is 11.3. The Hall–Kier alpha value is -1.97. The van der Waals surface area contributed by atoms with Gasteiger partial charge in [-0.1, -0.05) is 0 Å². The number of methoxy groups -OCH3 is 1. The molecule has 0 saturated carbocycles. The first-order chi connectivity index (χ1) is 8.58. The van der Waals surface area contributed by atoms with Crippen molar-refractivity contribution < 1.29 is 14.3 Å². The fraction of sp³-hybridized carbons (Fsp3) is 0.357. The highest BCUT2D eigenvalue weighted by molar-refractivity contribution is 5.88. The summed E-state index contributed by atoms with van der Waals surface area (Å²) in [6.45, 7) is 2.16. The van der Waals surface area contributed by atoms with Crippen LogP contribution in [0.4, 0.5) is 5.69 Å². The van der Waals surface area contributed by atoms with Crippen LogP contribution in [0.25, 0.3) is 6.08 Å². The van der Waals surface area contributed by atoms with Crippen molar-refractivity contribution >= 4 is 17.7 Å². The van der Waals surface area contributed by atoms with Gasteiger partial charge in [0.15, 0.2) is 0 Å². The number of ether oxygens (including phenoxy) is 2. The van der Waals surface area contributed by atoms with Gasteiger partial charge in [0.25, 0.3) is 0 Å². The standard InChI is InChI=1S/C14H19NO3/c1-5-18-14(16)9-6-11-10-12(17-4)7-8-13(11)15(2)3/h6-10H,5H2,1-4H3/b9-6+. The summed E-state index contributed by atoms with van der Waals surface area (Å²) in [4.78, 5) is 13.3. The quantitative estimate of drug-likeness (QED) is 0.593. The lowest BCUT2D eigenvalue weighted by Gasteiger charge is -2.16. The Morgan fingerprint density at radius 1 is 1.39 bits per heavy atom. The minimum Gasteiger partial charge on any atom is -0.497 e. The first kappa shape index (κ1) is 14.1. The fourth-order valence-electron chi connectivity index (χ4n) is 1.55. The molecule has 0 unspecified atom stereocenters. The molecule has 1 rings (SSSR count). The van der Waals surface area contributed by atoms with Crippen molar-refractivity contribution in [3.63, 3.8) is 0 Å². The number of rotatable bonds is 5. The smallest absolute Gasteiger partial charge is 0.330 e. The molecule has 0 spiro atoms. The van der Waals surface area contributed by atoms with Crippen LogP contribution in [0, 0.1) is 0 Å². The molecule has 0 radical (unpaired) electrons. The molecule has 0 saturated heterocycles. The molecule has 4 heteroatoms. The lowest BCUT2D eigenvalue weighted by Crippen LogP contribution is -2.10. The summed E-state index contributed by atoms with van der Waals surface area (Å²) in [6.07, 6.45) is 3.15. The van der Waals surface area contributed by atoms with Crippen molar-refractivity contribution in [3.05, 3.63) is 29.8 Å². The molecule has 0 amide bonds. The molecule has 0 aliphatic heterocycles. The number of carbonyl (C=O) groups excluding carboxylic acids is 1. The third kappa shape index (κ3) is 3.80. The van der Waals surface area contributed by atoms with Crippen molar-refractivity contribution in [3.8, 4) is 5.75 Å². The van der Waals surface area contributed by atoms with E-state index < -0.39 is 0 Å². The predicted octanol–water partition coefficient (Wildman–Crippen LogP) is 2.34. The second kappa shape index (κ2) is 6.69. The number of benzene rings is 1. The second-order valence-corrected chi connectivity index (χ2v) is 3.90. The summed E-state index contributed by atoms with van der Waals surface area (Å²) in [7, 11) is 5.51. The molecule has 0 fully saturated rings. The van der Waals surface area contributed by atoms with Crippen molar-refractivity contribution in [1.29, 1.82) is 0 Å². The van der Waals surface area contributed by atoms with Crippen LogP contribution >= 0.6 is 0 Å². The molecule has 1 aromatic carbocycles. The summed E-state index contributed by atoms with van der Waals surface area (Å²) in [5.41, 5.74) is 1.92. The van der Waals surface area contributed by atoms with Crippen LogP contribution in [0.3, 0.4) is 0 Å². The first-order valence-corrected chi connectivity index (χ1v) is 5.78. The summed E-state index contributed by atoms with van der Waals surface area (Å²) in [5.74, 6) is 0.411. The van der Waals surface area contributed by atoms with Crippen LogP contribution < -0.4 is 9.64 Å². The van der Waals surface area contributed by atoms with Gasteiger partial charge in [-0.25, -0.2) is 4.79 Å². The summed E-state index contributed by atoms with van der Waals surface area (Å²) < 4.78 is 10.0. The summed E-state index contributed by atoms with van der Waals surface area (Å²) >= 11 is 0. The Bertz CT molecular complexity index is 439. The Morgan fingerprint density at radius 3 is 2.67 bits per heavy atom. The van der Waals surface area contributed by atoms with Gasteiger partial charge in [0.2, 0.25) is 0 Å². The van der Waals surface area contributed by atoms with Gasteiger partial charge in [-0.05, 0) is 31.2 Å². The number of anilines is 1. The third-order valence-corrected chi connectivity index (χ3v) is 2.40. The van der Waals surface area contributed by atoms with Crippen LogP contribution in [0.1, 0.15) is 12.5 Å². The van der Waals surface area contributed by atoms with Crippen LogP contribution in [-0.4, -0.2) is 33.8 Å². The minimum atomic E-state index is -0.343. The molecular weight excluding hydrogens is 230 g/mol. The van der Waals surface area contributed by atoms with E-state index >= 15 is 0 Å². The van der Waals surface area contributed by atoms with Crippen LogP contribution in [0.15, 0.2) is 24.3 Å². The average molecular weight is 249 g/mol. The van der Waals surface area contributed by atoms with Crippen LogP contribution in [0.2, 0.25) is 0 Å². The van der Waals surface area contributed by atoms with Gasteiger partial charge in [-0.15, -0.1) is 0 Å². The summed E-state index contributed by atoms with van der Waals surface area (Å²) in [6, 6.07) is 5.71. The molecule has 0 heterocycles. The molecular formula is C14H19NO3. The van der Waals surface area contributed by atoms with E-state index in [2.05, 4.69) is 0 Å². The number of esters is 1. The van der Waals surface area contributed by atoms with E-state index in [4.69, 9.17) is 9.47 Å². The molecule has 0 atom stereocenters. The molecule has 0 bridgehead atoms. The van der Waals surface area contributed by atoms with Crippen molar-refractivity contribution in [2.45, 2.75) is 6.92 Å². The Balaban J connectivity index is 3.00. The molecule has 0 aliphatic rings. The van der Waals surface area contributed by atoms with Crippen LogP contribution in [-0.2, 0) is 9.53 Å². The van der Waals surface area contributed by atoms with Gasteiger partial charge in [0.05, 0.1) is 13.7 Å². The lowest BCUT2D eigenvalue weighted by molar-refractivity contribution is -0.137. The average Bonchev–Trinajstić information content (AvgIpc) is 2.36. The van der Waals surface area contributed by atoms with Crippen molar-refractivity contribution in [2.75, 3.05) is 32.7 Å². The van der Waals surface area contributed by atoms with Gasteiger partial charge < -0.3 is 14.4 Å². The first-order valence-electron chi connectivity index (χ1n) is 5.78. The molecule has 18 heavy (non-hydrogen) atoms. The topological polar surface area (TPSA) is 38.8 Å². The maximum atomic E-state index is 11.3. The fourth-order valence-corrected chi connectivity index (χ4v) is 1.55. The van der Waals surface area contributed by atoms with E-state index in [1.165, 1.54) is 6.08 Å². The highest BCUT2D eigenvalue weighted by atomic mass is 16.5. The summed E-state index contributed by atoms with van der Waals surface area (Å²) in [5, 5.41) is 0. The van der Waals surface area contributed by atoms with Crippen LogP contribution in [0.5, 0.6) is 5.75 Å². The highest BCUT2D eigenvalue weighted by Gasteiger charge is 2.04. The molecule has 1 aromatic rings. The zero-order valence-electron chi connectivity index (χ0n) is 11.3. The van der Waals surface area contributed by atoms with E-state index in [-0.39, 0.29) is 5.97 Å². The van der Waals surface area contributed by atoms with E-state index in [0.717, 1.165) is 17.0 Å². The Kier molecular flexibility index (Phi) is 5.24. The predicted molar refractivity (Wildman–Crippen MR) is 73.0 cm³/mol. The normalized spacial score (nSPS) is 10.4. The number of nitrogens with zero attached hydrogens (tertiary/aromatic N) is 1. The van der Waals surface area contributed by atoms with Gasteiger partial charge >= 0.3 is 5.97 Å². The van der Waals surface area contributed by atoms with Crippen molar-refractivity contribution in [1.82, 2.24) is 0 Å². The van der Waals surface area contributed by atoms with E-state index in [9.17, 15) is 4.79 Å². The van der Waals surface area contributed by atoms with Gasteiger partial charge in [0, 0.05) is 31.4 Å². The Morgan fingerprint density at radius 2 is 2.11 bits per heavy atom. The second-order valence-electron chi connectivity index (χ2n) is 3.90. The van der Waals surface area contributed by atoms with Gasteiger partial charge in [0.1, 0.15) is 5.75 Å². The van der Waals surface area contributed by atoms with E-state index in [0.29, 0.717) is 6.61 Å². The number of hydrogen-bond donors (Lipinski definition) is 0. The largest absolute Gasteiger partial charge is 0.497 e. The SMILES string of the molecule is CCOC(=O)/C=C/c1cc(OC)ccc1N(C)C. The zero-order chi connectivity index (χ0) is 13.5. The lowest BCUT2D eigenvalue weighted by atomic mass is 10.1. The molecule has 0 aliphatic carbocycles. The molecule has 0 N–H and O–H groups in total. The maximum absolute atomic E-state index is 11.3.